The number of hydrogen-bond donors (Lipinski definition) is 1. The van der Waals surface area contributed by atoms with Crippen LogP contribution in [0, 0.1) is 0 Å². The zero-order valence-corrected chi connectivity index (χ0v) is 7.62. The number of nitrogens with zero attached hydrogens (tertiary/aromatic N) is 2. The Kier molecular flexibility index (Phi) is 1.95. The lowest BCUT2D eigenvalue weighted by molar-refractivity contribution is -0.135. The Morgan fingerprint density at radius 3 is 3.00 bits per heavy atom. The van der Waals surface area contributed by atoms with E-state index in [9.17, 15) is 9.59 Å². The molecule has 0 aromatic heterocycles. The number of amides is 2. The molecule has 0 radical (unpaired) electrons. The standard InChI is InChI=1S/C8H13N3O2/c1-10-5-7(12)11-4-2-3-6(11)8(13)9-10/h6H,2-5H2,1H3,(H,9,13). The highest BCUT2D eigenvalue weighted by molar-refractivity contribution is 5.90. The average Bonchev–Trinajstić information content (AvgIpc) is 2.47. The maximum absolute atomic E-state index is 11.5. The topological polar surface area (TPSA) is 52.7 Å². The van der Waals surface area contributed by atoms with Gasteiger partial charge in [0.2, 0.25) is 5.91 Å². The van der Waals surface area contributed by atoms with Gasteiger partial charge in [0, 0.05) is 13.6 Å². The summed E-state index contributed by atoms with van der Waals surface area (Å²) in [6.07, 6.45) is 1.74. The zero-order valence-electron chi connectivity index (χ0n) is 7.62. The molecule has 1 unspecified atom stereocenters. The van der Waals surface area contributed by atoms with Crippen LogP contribution in [-0.4, -0.2) is 47.9 Å². The lowest BCUT2D eigenvalue weighted by Crippen LogP contribution is -2.43. The Morgan fingerprint density at radius 2 is 2.23 bits per heavy atom. The molecule has 0 aromatic carbocycles. The van der Waals surface area contributed by atoms with Crippen molar-refractivity contribution in [1.29, 1.82) is 0 Å². The summed E-state index contributed by atoms with van der Waals surface area (Å²) in [5.41, 5.74) is 2.68. The van der Waals surface area contributed by atoms with Gasteiger partial charge in [-0.1, -0.05) is 0 Å². The van der Waals surface area contributed by atoms with Crippen LogP contribution in [0.25, 0.3) is 0 Å². The third-order valence-electron chi connectivity index (χ3n) is 2.55. The van der Waals surface area contributed by atoms with E-state index in [0.29, 0.717) is 0 Å². The van der Waals surface area contributed by atoms with Crippen molar-refractivity contribution in [2.45, 2.75) is 18.9 Å². The normalized spacial score (nSPS) is 29.9. The van der Waals surface area contributed by atoms with Crippen LogP contribution in [0.15, 0.2) is 0 Å². The smallest absolute Gasteiger partial charge is 0.257 e. The van der Waals surface area contributed by atoms with Crippen LogP contribution in [0.3, 0.4) is 0 Å². The van der Waals surface area contributed by atoms with Crippen LogP contribution < -0.4 is 5.43 Å². The molecule has 2 aliphatic heterocycles. The zero-order chi connectivity index (χ0) is 9.42. The van der Waals surface area contributed by atoms with Crippen molar-refractivity contribution in [3.05, 3.63) is 0 Å². The molecule has 0 aliphatic carbocycles. The maximum atomic E-state index is 11.5. The van der Waals surface area contributed by atoms with Crippen LogP contribution in [0.1, 0.15) is 12.8 Å². The minimum absolute atomic E-state index is 0.0448. The molecule has 0 aromatic rings. The van der Waals surface area contributed by atoms with E-state index in [4.69, 9.17) is 0 Å². The lowest BCUT2D eigenvalue weighted by Gasteiger charge is -2.18. The van der Waals surface area contributed by atoms with Crippen molar-refractivity contribution in [3.63, 3.8) is 0 Å². The molecule has 5 nitrogen and oxygen atoms in total. The molecular weight excluding hydrogens is 170 g/mol. The molecule has 0 saturated carbocycles. The van der Waals surface area contributed by atoms with Crippen LogP contribution in [-0.2, 0) is 9.59 Å². The first-order valence-corrected chi connectivity index (χ1v) is 4.49. The van der Waals surface area contributed by atoms with Crippen LogP contribution in [0.2, 0.25) is 0 Å². The van der Waals surface area contributed by atoms with Crippen molar-refractivity contribution >= 4 is 11.8 Å². The van der Waals surface area contributed by atoms with Crippen LogP contribution in [0.5, 0.6) is 0 Å². The Balaban J connectivity index is 2.21. The fourth-order valence-electron chi connectivity index (χ4n) is 1.93. The molecule has 2 heterocycles. The molecule has 2 rings (SSSR count). The van der Waals surface area contributed by atoms with E-state index in [1.54, 1.807) is 17.0 Å². The van der Waals surface area contributed by atoms with Gasteiger partial charge in [0.05, 0.1) is 6.54 Å². The van der Waals surface area contributed by atoms with Crippen molar-refractivity contribution in [2.75, 3.05) is 20.1 Å². The van der Waals surface area contributed by atoms with Gasteiger partial charge >= 0.3 is 0 Å². The van der Waals surface area contributed by atoms with E-state index in [1.165, 1.54) is 0 Å². The summed E-state index contributed by atoms with van der Waals surface area (Å²) in [5, 5.41) is 1.54. The fraction of sp³-hybridized carbons (Fsp3) is 0.750. The average molecular weight is 183 g/mol. The lowest BCUT2D eigenvalue weighted by atomic mass is 10.2. The first-order chi connectivity index (χ1) is 6.18. The monoisotopic (exact) mass is 183 g/mol. The van der Waals surface area contributed by atoms with E-state index in [0.717, 1.165) is 19.4 Å². The quantitative estimate of drug-likeness (QED) is 0.521. The maximum Gasteiger partial charge on any atom is 0.257 e. The largest absolute Gasteiger partial charge is 0.329 e. The first-order valence-electron chi connectivity index (χ1n) is 4.49. The molecule has 0 bridgehead atoms. The second kappa shape index (κ2) is 2.99. The van der Waals surface area contributed by atoms with Crippen molar-refractivity contribution in [3.8, 4) is 0 Å². The van der Waals surface area contributed by atoms with Gasteiger partial charge in [-0.15, -0.1) is 0 Å². The van der Waals surface area contributed by atoms with Gasteiger partial charge in [0.25, 0.3) is 5.91 Å². The van der Waals surface area contributed by atoms with Gasteiger partial charge in [0.15, 0.2) is 0 Å². The molecular formula is C8H13N3O2. The summed E-state index contributed by atoms with van der Waals surface area (Å²) in [5.74, 6) is -0.00537. The van der Waals surface area contributed by atoms with Crippen molar-refractivity contribution in [1.82, 2.24) is 15.3 Å². The molecule has 5 heteroatoms. The molecule has 1 N–H and O–H groups in total. The molecule has 2 amide bonds. The van der Waals surface area contributed by atoms with Crippen LogP contribution in [0.4, 0.5) is 0 Å². The van der Waals surface area contributed by atoms with Crippen LogP contribution >= 0.6 is 0 Å². The molecule has 0 spiro atoms. The third kappa shape index (κ3) is 1.39. The van der Waals surface area contributed by atoms with E-state index >= 15 is 0 Å². The minimum atomic E-state index is -0.225. The number of hydrogen-bond acceptors (Lipinski definition) is 3. The third-order valence-corrected chi connectivity index (χ3v) is 2.55. The number of fused-ring (bicyclic) bond motifs is 1. The number of rotatable bonds is 0. The second-order valence-corrected chi connectivity index (χ2v) is 3.58. The van der Waals surface area contributed by atoms with Gasteiger partial charge in [0.1, 0.15) is 6.04 Å². The summed E-state index contributed by atoms with van der Waals surface area (Å²) in [7, 11) is 1.71. The van der Waals surface area contributed by atoms with E-state index in [-0.39, 0.29) is 24.4 Å². The molecule has 2 fully saturated rings. The van der Waals surface area contributed by atoms with Crippen molar-refractivity contribution < 1.29 is 9.59 Å². The van der Waals surface area contributed by atoms with E-state index in [2.05, 4.69) is 5.43 Å². The van der Waals surface area contributed by atoms with Crippen molar-refractivity contribution in [2.24, 2.45) is 0 Å². The van der Waals surface area contributed by atoms with E-state index < -0.39 is 0 Å². The Morgan fingerprint density at radius 1 is 1.46 bits per heavy atom. The summed E-state index contributed by atoms with van der Waals surface area (Å²) in [6, 6.07) is -0.225. The number of likely N-dealkylation sites (N-methyl/N-ethyl adjacent to an activating group) is 1. The first kappa shape index (κ1) is 8.50. The molecule has 13 heavy (non-hydrogen) atoms. The van der Waals surface area contributed by atoms with Gasteiger partial charge in [-0.25, -0.2) is 5.01 Å². The number of carbonyl (C=O) groups excluding carboxylic acids is 2. The van der Waals surface area contributed by atoms with Gasteiger partial charge in [-0.3, -0.25) is 15.0 Å². The number of carbonyl (C=O) groups is 2. The second-order valence-electron chi connectivity index (χ2n) is 3.58. The van der Waals surface area contributed by atoms with Gasteiger partial charge in [-0.2, -0.15) is 0 Å². The minimum Gasteiger partial charge on any atom is -0.329 e. The summed E-state index contributed by atoms with van der Waals surface area (Å²) < 4.78 is 0. The Labute approximate surface area is 76.6 Å². The predicted molar refractivity (Wildman–Crippen MR) is 45.5 cm³/mol. The summed E-state index contributed by atoms with van der Waals surface area (Å²) in [4.78, 5) is 24.7. The molecule has 2 saturated heterocycles. The SMILES string of the molecule is CN1CC(=O)N2CCCC2C(=O)N1. The van der Waals surface area contributed by atoms with E-state index in [1.807, 2.05) is 0 Å². The highest BCUT2D eigenvalue weighted by Gasteiger charge is 2.37. The highest BCUT2D eigenvalue weighted by Crippen LogP contribution is 2.19. The summed E-state index contributed by atoms with van der Waals surface area (Å²) >= 11 is 0. The van der Waals surface area contributed by atoms with Gasteiger partial charge < -0.3 is 4.90 Å². The van der Waals surface area contributed by atoms with Gasteiger partial charge in [-0.05, 0) is 12.8 Å². The predicted octanol–water partition coefficient (Wildman–Crippen LogP) is -1.05. The molecule has 2 aliphatic rings. The Bertz CT molecular complexity index is 230. The summed E-state index contributed by atoms with van der Waals surface area (Å²) in [6.45, 7) is 1.01. The molecule has 1 atom stereocenters. The number of hydrazine groups is 1. The fourth-order valence-corrected chi connectivity index (χ4v) is 1.93. The number of nitrogens with one attached hydrogen (secondary N) is 1. The Hall–Kier alpha value is -1.10. The highest BCUT2D eigenvalue weighted by atomic mass is 16.2. The molecule has 72 valence electrons.